The summed E-state index contributed by atoms with van der Waals surface area (Å²) < 4.78 is 0. The maximum atomic E-state index is 4.85. The van der Waals surface area contributed by atoms with Crippen LogP contribution in [0.2, 0.25) is 0 Å². The minimum atomic E-state index is 0.952. The molecule has 0 N–H and O–H groups in total. The highest BCUT2D eigenvalue weighted by molar-refractivity contribution is 6.08. The Bertz CT molecular complexity index is 971. The molecule has 0 aliphatic rings. The van der Waals surface area contributed by atoms with E-state index in [1.54, 1.807) is 0 Å². The molecule has 1 aromatic heterocycles. The lowest BCUT2D eigenvalue weighted by molar-refractivity contribution is 1.33. The molecular weight excluding hydrogens is 244 g/mol. The monoisotopic (exact) mass is 258 g/mol. The number of aromatic nitrogens is 2. The van der Waals surface area contributed by atoms with Crippen molar-refractivity contribution >= 4 is 32.8 Å². The van der Waals surface area contributed by atoms with Gasteiger partial charge in [-0.15, -0.1) is 0 Å². The van der Waals surface area contributed by atoms with Gasteiger partial charge in [-0.05, 0) is 42.5 Å². The van der Waals surface area contributed by atoms with Gasteiger partial charge in [0.2, 0.25) is 0 Å². The van der Waals surface area contributed by atoms with Crippen molar-refractivity contribution in [1.29, 1.82) is 0 Å². The van der Waals surface area contributed by atoms with Crippen LogP contribution in [0.25, 0.3) is 32.8 Å². The van der Waals surface area contributed by atoms with Crippen LogP contribution < -0.4 is 0 Å². The number of nitrogens with zero attached hydrogens (tertiary/aromatic N) is 2. The van der Waals surface area contributed by atoms with E-state index in [1.165, 1.54) is 21.9 Å². The lowest BCUT2D eigenvalue weighted by atomic mass is 9.98. The molecule has 0 unspecified atom stereocenters. The van der Waals surface area contributed by atoms with Crippen LogP contribution in [0, 0.1) is 13.8 Å². The van der Waals surface area contributed by atoms with Crippen LogP contribution in [0.15, 0.2) is 48.5 Å². The molecule has 4 rings (SSSR count). The van der Waals surface area contributed by atoms with Crippen molar-refractivity contribution in [3.63, 3.8) is 0 Å². The lowest BCUT2D eigenvalue weighted by Crippen LogP contribution is -1.94. The van der Waals surface area contributed by atoms with Gasteiger partial charge in [-0.3, -0.25) is 0 Å². The largest absolute Gasteiger partial charge is 0.244 e. The predicted molar refractivity (Wildman–Crippen MR) is 84.0 cm³/mol. The smallest absolute Gasteiger partial charge is 0.0975 e. The maximum absolute atomic E-state index is 4.85. The number of benzene rings is 3. The van der Waals surface area contributed by atoms with Gasteiger partial charge < -0.3 is 0 Å². The molecule has 0 saturated carbocycles. The fourth-order valence-corrected chi connectivity index (χ4v) is 2.85. The standard InChI is InChI=1S/C18H14N2/c1-11-12(2)17-18(14-8-4-3-7-13(11)14)20-16-10-6-5-9-15(16)19-17/h3-10H,1-2H3. The zero-order valence-electron chi connectivity index (χ0n) is 11.5. The van der Waals surface area contributed by atoms with E-state index in [1.807, 2.05) is 24.3 Å². The van der Waals surface area contributed by atoms with Gasteiger partial charge in [0, 0.05) is 5.39 Å². The molecule has 3 aromatic carbocycles. The van der Waals surface area contributed by atoms with E-state index >= 15 is 0 Å². The molecule has 0 atom stereocenters. The lowest BCUT2D eigenvalue weighted by Gasteiger charge is -2.11. The Morgan fingerprint density at radius 3 is 1.85 bits per heavy atom. The highest BCUT2D eigenvalue weighted by atomic mass is 14.8. The van der Waals surface area contributed by atoms with E-state index in [-0.39, 0.29) is 0 Å². The molecule has 96 valence electrons. The van der Waals surface area contributed by atoms with Crippen molar-refractivity contribution in [2.45, 2.75) is 13.8 Å². The summed E-state index contributed by atoms with van der Waals surface area (Å²) in [6, 6.07) is 16.5. The van der Waals surface area contributed by atoms with E-state index in [4.69, 9.17) is 9.97 Å². The number of hydrogen-bond donors (Lipinski definition) is 0. The average molecular weight is 258 g/mol. The van der Waals surface area contributed by atoms with Gasteiger partial charge in [0.1, 0.15) is 0 Å². The van der Waals surface area contributed by atoms with Crippen LogP contribution in [0.1, 0.15) is 11.1 Å². The summed E-state index contributed by atoms with van der Waals surface area (Å²) in [7, 11) is 0. The quantitative estimate of drug-likeness (QED) is 0.341. The molecule has 2 nitrogen and oxygen atoms in total. The van der Waals surface area contributed by atoms with Crippen LogP contribution in [0.3, 0.4) is 0 Å². The van der Waals surface area contributed by atoms with Crippen LogP contribution in [0.5, 0.6) is 0 Å². The highest BCUT2D eigenvalue weighted by Gasteiger charge is 2.11. The number of aryl methyl sites for hydroxylation is 2. The minimum Gasteiger partial charge on any atom is -0.244 e. The Morgan fingerprint density at radius 2 is 1.15 bits per heavy atom. The van der Waals surface area contributed by atoms with E-state index in [2.05, 4.69) is 38.1 Å². The van der Waals surface area contributed by atoms with Crippen molar-refractivity contribution in [1.82, 2.24) is 9.97 Å². The third kappa shape index (κ3) is 1.45. The molecule has 0 aliphatic carbocycles. The first-order valence-electron chi connectivity index (χ1n) is 6.80. The van der Waals surface area contributed by atoms with Crippen molar-refractivity contribution in [3.05, 3.63) is 59.7 Å². The summed E-state index contributed by atoms with van der Waals surface area (Å²) in [5.41, 5.74) is 6.43. The van der Waals surface area contributed by atoms with Crippen LogP contribution >= 0.6 is 0 Å². The maximum Gasteiger partial charge on any atom is 0.0975 e. The molecule has 0 bridgehead atoms. The number of para-hydroxylation sites is 2. The van der Waals surface area contributed by atoms with Crippen molar-refractivity contribution in [2.24, 2.45) is 0 Å². The van der Waals surface area contributed by atoms with E-state index < -0.39 is 0 Å². The molecule has 0 saturated heterocycles. The summed E-state index contributed by atoms with van der Waals surface area (Å²) in [4.78, 5) is 9.67. The van der Waals surface area contributed by atoms with Gasteiger partial charge in [-0.2, -0.15) is 0 Å². The summed E-state index contributed by atoms with van der Waals surface area (Å²) in [6.45, 7) is 4.29. The fraction of sp³-hybridized carbons (Fsp3) is 0.111. The Kier molecular flexibility index (Phi) is 2.27. The molecule has 4 aromatic rings. The molecule has 2 heteroatoms. The SMILES string of the molecule is Cc1c(C)c2nc3ccccc3nc2c2ccccc12. The Balaban J connectivity index is 2.33. The summed E-state index contributed by atoms with van der Waals surface area (Å²) >= 11 is 0. The molecule has 20 heavy (non-hydrogen) atoms. The second kappa shape index (κ2) is 4.01. The molecule has 0 amide bonds. The number of hydrogen-bond acceptors (Lipinski definition) is 2. The van der Waals surface area contributed by atoms with Crippen molar-refractivity contribution in [3.8, 4) is 0 Å². The average Bonchev–Trinajstić information content (AvgIpc) is 2.51. The Hall–Kier alpha value is -2.48. The molecule has 0 fully saturated rings. The van der Waals surface area contributed by atoms with Gasteiger partial charge in [0.15, 0.2) is 0 Å². The first-order valence-corrected chi connectivity index (χ1v) is 6.80. The normalized spacial score (nSPS) is 11.5. The van der Waals surface area contributed by atoms with Gasteiger partial charge in [-0.1, -0.05) is 36.4 Å². The second-order valence-corrected chi connectivity index (χ2v) is 5.21. The van der Waals surface area contributed by atoms with Crippen LogP contribution in [0.4, 0.5) is 0 Å². The highest BCUT2D eigenvalue weighted by Crippen LogP contribution is 2.30. The van der Waals surface area contributed by atoms with Crippen LogP contribution in [-0.2, 0) is 0 Å². The first kappa shape index (κ1) is 11.4. The molecule has 0 spiro atoms. The minimum absolute atomic E-state index is 0.952. The number of fused-ring (bicyclic) bond motifs is 4. The third-order valence-electron chi connectivity index (χ3n) is 4.07. The summed E-state index contributed by atoms with van der Waals surface area (Å²) in [6.07, 6.45) is 0. The first-order chi connectivity index (χ1) is 9.75. The van der Waals surface area contributed by atoms with Gasteiger partial charge >= 0.3 is 0 Å². The van der Waals surface area contributed by atoms with E-state index in [0.29, 0.717) is 0 Å². The van der Waals surface area contributed by atoms with Gasteiger partial charge in [-0.25, -0.2) is 9.97 Å². The third-order valence-corrected chi connectivity index (χ3v) is 4.07. The van der Waals surface area contributed by atoms with Gasteiger partial charge in [0.05, 0.1) is 22.1 Å². The second-order valence-electron chi connectivity index (χ2n) is 5.21. The van der Waals surface area contributed by atoms with Gasteiger partial charge in [0.25, 0.3) is 0 Å². The van der Waals surface area contributed by atoms with Crippen molar-refractivity contribution < 1.29 is 0 Å². The zero-order valence-corrected chi connectivity index (χ0v) is 11.5. The van der Waals surface area contributed by atoms with E-state index in [0.717, 1.165) is 22.1 Å². The molecule has 1 heterocycles. The molecular formula is C18H14N2. The molecule has 0 radical (unpaired) electrons. The predicted octanol–water partition coefficient (Wildman–Crippen LogP) is 4.55. The topological polar surface area (TPSA) is 25.8 Å². The Morgan fingerprint density at radius 1 is 0.600 bits per heavy atom. The van der Waals surface area contributed by atoms with Crippen molar-refractivity contribution in [2.75, 3.05) is 0 Å². The fourth-order valence-electron chi connectivity index (χ4n) is 2.85. The van der Waals surface area contributed by atoms with E-state index in [9.17, 15) is 0 Å². The molecule has 0 aliphatic heterocycles. The number of rotatable bonds is 0. The van der Waals surface area contributed by atoms with Crippen LogP contribution in [-0.4, -0.2) is 9.97 Å². The Labute approximate surface area is 117 Å². The summed E-state index contributed by atoms with van der Waals surface area (Å²) in [5.74, 6) is 0. The summed E-state index contributed by atoms with van der Waals surface area (Å²) in [5, 5.41) is 2.45. The zero-order chi connectivity index (χ0) is 13.7.